The average molecular weight is 389 g/mol. The van der Waals surface area contributed by atoms with Crippen LogP contribution in [-0.4, -0.2) is 9.78 Å². The van der Waals surface area contributed by atoms with Gasteiger partial charge in [0.15, 0.2) is 0 Å². The summed E-state index contributed by atoms with van der Waals surface area (Å²) in [5.41, 5.74) is 2.98. The lowest BCUT2D eigenvalue weighted by Crippen LogP contribution is -2.38. The van der Waals surface area contributed by atoms with Crippen LogP contribution in [0, 0.1) is 0 Å². The average Bonchev–Trinajstić information content (AvgIpc) is 3.12. The molecule has 1 aromatic heterocycles. The van der Waals surface area contributed by atoms with E-state index in [4.69, 9.17) is 5.10 Å². The number of benzene rings is 3. The molecule has 0 aliphatic heterocycles. The van der Waals surface area contributed by atoms with Gasteiger partial charge >= 0.3 is 0 Å². The highest BCUT2D eigenvalue weighted by molar-refractivity contribution is 9.10. The van der Waals surface area contributed by atoms with E-state index in [1.165, 1.54) is 16.7 Å². The number of hydrogen-bond donors (Lipinski definition) is 0. The lowest BCUT2D eigenvalue weighted by molar-refractivity contribution is 0.458. The van der Waals surface area contributed by atoms with E-state index in [0.717, 1.165) is 4.60 Å². The van der Waals surface area contributed by atoms with Crippen molar-refractivity contribution in [2.24, 2.45) is 0 Å². The van der Waals surface area contributed by atoms with Crippen LogP contribution in [0.5, 0.6) is 0 Å². The van der Waals surface area contributed by atoms with Gasteiger partial charge in [-0.3, -0.25) is 4.68 Å². The molecule has 0 atom stereocenters. The van der Waals surface area contributed by atoms with Crippen LogP contribution in [0.25, 0.3) is 0 Å². The molecule has 0 saturated heterocycles. The molecule has 0 aliphatic carbocycles. The van der Waals surface area contributed by atoms with E-state index in [-0.39, 0.29) is 0 Å². The summed E-state index contributed by atoms with van der Waals surface area (Å²) < 4.78 is 2.86. The van der Waals surface area contributed by atoms with E-state index in [2.05, 4.69) is 88.7 Å². The van der Waals surface area contributed by atoms with Gasteiger partial charge in [-0.15, -0.1) is 0 Å². The molecule has 122 valence electrons. The predicted molar refractivity (Wildman–Crippen MR) is 105 cm³/mol. The van der Waals surface area contributed by atoms with Crippen LogP contribution in [0.2, 0.25) is 0 Å². The molecule has 0 aliphatic rings. The minimum Gasteiger partial charge on any atom is -0.252 e. The summed E-state index contributed by atoms with van der Waals surface area (Å²) in [6.07, 6.45) is 2.02. The van der Waals surface area contributed by atoms with E-state index in [1.807, 2.05) is 35.1 Å². The molecule has 2 nitrogen and oxygen atoms in total. The molecule has 4 aromatic rings. The molecule has 0 amide bonds. The summed E-state index contributed by atoms with van der Waals surface area (Å²) in [6.45, 7) is 0. The second-order valence-electron chi connectivity index (χ2n) is 5.89. The Balaban J connectivity index is 2.12. The van der Waals surface area contributed by atoms with Crippen LogP contribution in [-0.2, 0) is 5.54 Å². The first-order chi connectivity index (χ1) is 12.3. The molecule has 3 aromatic carbocycles. The van der Waals surface area contributed by atoms with Crippen molar-refractivity contribution in [1.29, 1.82) is 0 Å². The quantitative estimate of drug-likeness (QED) is 0.423. The maximum atomic E-state index is 4.75. The molecule has 0 radical (unpaired) electrons. The zero-order valence-corrected chi connectivity index (χ0v) is 15.2. The summed E-state index contributed by atoms with van der Waals surface area (Å²) in [5, 5.41) is 4.75. The Morgan fingerprint density at radius 2 is 1.00 bits per heavy atom. The van der Waals surface area contributed by atoms with Crippen LogP contribution in [0.3, 0.4) is 0 Å². The first-order valence-electron chi connectivity index (χ1n) is 8.20. The van der Waals surface area contributed by atoms with Crippen molar-refractivity contribution in [3.63, 3.8) is 0 Å². The first kappa shape index (κ1) is 15.9. The molecule has 0 spiro atoms. The van der Waals surface area contributed by atoms with Gasteiger partial charge in [0, 0.05) is 6.20 Å². The minimum absolute atomic E-state index is 0.532. The van der Waals surface area contributed by atoms with Gasteiger partial charge < -0.3 is 0 Å². The molecule has 3 heteroatoms. The zero-order chi connectivity index (χ0) is 17.1. The van der Waals surface area contributed by atoms with E-state index in [0.29, 0.717) is 0 Å². The highest BCUT2D eigenvalue weighted by Gasteiger charge is 2.39. The molecular formula is C22H17BrN2. The summed E-state index contributed by atoms with van der Waals surface area (Å²) >= 11 is 3.51. The van der Waals surface area contributed by atoms with Crippen molar-refractivity contribution in [3.8, 4) is 0 Å². The molecule has 0 unspecified atom stereocenters. The molecule has 0 N–H and O–H groups in total. The Bertz CT molecular complexity index is 850. The van der Waals surface area contributed by atoms with Crippen molar-refractivity contribution >= 4 is 15.9 Å². The highest BCUT2D eigenvalue weighted by Crippen LogP contribution is 2.40. The van der Waals surface area contributed by atoms with Gasteiger partial charge in [0.2, 0.25) is 0 Å². The van der Waals surface area contributed by atoms with Crippen molar-refractivity contribution in [3.05, 3.63) is 125 Å². The summed E-state index contributed by atoms with van der Waals surface area (Å²) in [4.78, 5) is 0. The monoisotopic (exact) mass is 388 g/mol. The largest absolute Gasteiger partial charge is 0.252 e. The van der Waals surface area contributed by atoms with E-state index in [9.17, 15) is 0 Å². The van der Waals surface area contributed by atoms with Crippen LogP contribution in [0.4, 0.5) is 0 Å². The fourth-order valence-electron chi connectivity index (χ4n) is 3.42. The maximum Gasteiger partial charge on any atom is 0.138 e. The lowest BCUT2D eigenvalue weighted by Gasteiger charge is -2.36. The number of halogens is 1. The normalized spacial score (nSPS) is 11.4. The van der Waals surface area contributed by atoms with Crippen LogP contribution in [0.1, 0.15) is 16.7 Å². The third kappa shape index (κ3) is 2.71. The summed E-state index contributed by atoms with van der Waals surface area (Å²) in [6, 6.07) is 33.6. The Morgan fingerprint density at radius 1 is 0.600 bits per heavy atom. The Morgan fingerprint density at radius 3 is 1.32 bits per heavy atom. The Hall–Kier alpha value is -2.65. The van der Waals surface area contributed by atoms with Gasteiger partial charge in [0.25, 0.3) is 0 Å². The van der Waals surface area contributed by atoms with Gasteiger partial charge in [0.05, 0.1) is 0 Å². The number of aromatic nitrogens is 2. The number of nitrogens with zero attached hydrogens (tertiary/aromatic N) is 2. The SMILES string of the molecule is Brc1ccn(C(c2ccccc2)(c2ccccc2)c2ccccc2)n1. The molecule has 1 heterocycles. The molecule has 4 rings (SSSR count). The van der Waals surface area contributed by atoms with Gasteiger partial charge in [-0.05, 0) is 38.7 Å². The third-order valence-electron chi connectivity index (χ3n) is 4.47. The van der Waals surface area contributed by atoms with E-state index >= 15 is 0 Å². The molecule has 25 heavy (non-hydrogen) atoms. The van der Waals surface area contributed by atoms with Gasteiger partial charge in [-0.25, -0.2) is 0 Å². The van der Waals surface area contributed by atoms with Crippen molar-refractivity contribution in [2.45, 2.75) is 5.54 Å². The molecular weight excluding hydrogens is 372 g/mol. The van der Waals surface area contributed by atoms with Crippen LogP contribution in [0.15, 0.2) is 108 Å². The third-order valence-corrected chi connectivity index (χ3v) is 4.90. The van der Waals surface area contributed by atoms with Crippen LogP contribution >= 0.6 is 15.9 Å². The fourth-order valence-corrected chi connectivity index (χ4v) is 3.71. The van der Waals surface area contributed by atoms with Gasteiger partial charge in [-0.1, -0.05) is 91.0 Å². The fraction of sp³-hybridized carbons (Fsp3) is 0.0455. The molecule has 0 saturated carbocycles. The smallest absolute Gasteiger partial charge is 0.138 e. The predicted octanol–water partition coefficient (Wildman–Crippen LogP) is 5.49. The number of rotatable bonds is 4. The topological polar surface area (TPSA) is 17.8 Å². The van der Waals surface area contributed by atoms with Crippen molar-refractivity contribution in [1.82, 2.24) is 9.78 Å². The number of hydrogen-bond acceptors (Lipinski definition) is 1. The minimum atomic E-state index is -0.532. The van der Waals surface area contributed by atoms with E-state index < -0.39 is 5.54 Å². The zero-order valence-electron chi connectivity index (χ0n) is 13.6. The second-order valence-corrected chi connectivity index (χ2v) is 6.70. The van der Waals surface area contributed by atoms with Crippen molar-refractivity contribution < 1.29 is 0 Å². The summed E-state index contributed by atoms with van der Waals surface area (Å²) in [5.74, 6) is 0. The summed E-state index contributed by atoms with van der Waals surface area (Å²) in [7, 11) is 0. The molecule has 0 bridgehead atoms. The van der Waals surface area contributed by atoms with Crippen LogP contribution < -0.4 is 0 Å². The maximum absolute atomic E-state index is 4.75. The lowest BCUT2D eigenvalue weighted by atomic mass is 9.77. The second kappa shape index (κ2) is 6.69. The molecule has 0 fully saturated rings. The first-order valence-corrected chi connectivity index (χ1v) is 8.99. The Kier molecular flexibility index (Phi) is 4.24. The Labute approximate surface area is 155 Å². The van der Waals surface area contributed by atoms with Gasteiger partial charge in [-0.2, -0.15) is 5.10 Å². The highest BCUT2D eigenvalue weighted by atomic mass is 79.9. The van der Waals surface area contributed by atoms with E-state index in [1.54, 1.807) is 0 Å². The van der Waals surface area contributed by atoms with Crippen molar-refractivity contribution in [2.75, 3.05) is 0 Å². The standard InChI is InChI=1S/C22H17BrN2/c23-21-16-17-25(24-21)22(18-10-4-1-5-11-18,19-12-6-2-7-13-19)20-14-8-3-9-15-20/h1-17H. The van der Waals surface area contributed by atoms with Gasteiger partial charge in [0.1, 0.15) is 10.1 Å².